The lowest BCUT2D eigenvalue weighted by Gasteiger charge is -2.33. The van der Waals surface area contributed by atoms with Crippen LogP contribution in [0.3, 0.4) is 0 Å². The Kier molecular flexibility index (Phi) is 2.97. The number of hydrogen-bond acceptors (Lipinski definition) is 3. The van der Waals surface area contributed by atoms with Gasteiger partial charge in [0.25, 0.3) is 0 Å². The summed E-state index contributed by atoms with van der Waals surface area (Å²) in [5.74, 6) is -0.519. The largest absolute Gasteiger partial charge is 0.467 e. The fourth-order valence-corrected chi connectivity index (χ4v) is 2.81. The molecule has 1 unspecified atom stereocenters. The molecule has 0 aliphatic carbocycles. The molecule has 103 valence electrons. The summed E-state index contributed by atoms with van der Waals surface area (Å²) in [6.45, 7) is 1.82. The monoisotopic (exact) mass is 271 g/mol. The third-order valence-electron chi connectivity index (χ3n) is 3.80. The van der Waals surface area contributed by atoms with Crippen LogP contribution in [-0.2, 0) is 14.3 Å². The molecule has 20 heavy (non-hydrogen) atoms. The zero-order valence-corrected chi connectivity index (χ0v) is 11.4. The van der Waals surface area contributed by atoms with Gasteiger partial charge in [0.1, 0.15) is 6.04 Å². The molecular formula is C15H15N2O3. The minimum absolute atomic E-state index is 0.141. The molecule has 1 radical (unpaired) electrons. The van der Waals surface area contributed by atoms with Gasteiger partial charge < -0.3 is 9.64 Å². The van der Waals surface area contributed by atoms with Gasteiger partial charge in [-0.1, -0.05) is 18.2 Å². The van der Waals surface area contributed by atoms with E-state index in [2.05, 4.69) is 5.32 Å². The van der Waals surface area contributed by atoms with E-state index in [1.807, 2.05) is 24.3 Å². The van der Waals surface area contributed by atoms with E-state index in [-0.39, 0.29) is 11.9 Å². The van der Waals surface area contributed by atoms with Crippen LogP contribution in [0.5, 0.6) is 0 Å². The van der Waals surface area contributed by atoms with Crippen LogP contribution < -0.4 is 5.32 Å². The van der Waals surface area contributed by atoms with Crippen LogP contribution in [0.1, 0.15) is 18.9 Å². The summed E-state index contributed by atoms with van der Waals surface area (Å²) >= 11 is 0. The van der Waals surface area contributed by atoms with Gasteiger partial charge in [-0.25, -0.2) is 4.79 Å². The summed E-state index contributed by atoms with van der Waals surface area (Å²) < 4.78 is 4.82. The van der Waals surface area contributed by atoms with Crippen molar-refractivity contribution in [1.82, 2.24) is 10.2 Å². The van der Waals surface area contributed by atoms with Gasteiger partial charge in [0.15, 0.2) is 0 Å². The summed E-state index contributed by atoms with van der Waals surface area (Å²) in [4.78, 5) is 25.2. The highest BCUT2D eigenvalue weighted by Gasteiger charge is 2.38. The second-order valence-electron chi connectivity index (χ2n) is 4.94. The first-order chi connectivity index (χ1) is 9.61. The standard InChI is InChI=1S/C15H15N2O3/c1-9(18)17-8-13-11(7-14(17)15(19)20-2)10-5-3-4-6-12(10)16-13/h3-6,14H,7-8H2,1-2H3. The number of hydrogen-bond donors (Lipinski definition) is 0. The van der Waals surface area contributed by atoms with E-state index < -0.39 is 6.04 Å². The number of benzene rings is 1. The molecule has 0 fully saturated rings. The van der Waals surface area contributed by atoms with Crippen LogP contribution in [0, 0.1) is 0 Å². The van der Waals surface area contributed by atoms with Gasteiger partial charge in [0.05, 0.1) is 25.0 Å². The van der Waals surface area contributed by atoms with Crippen molar-refractivity contribution in [2.75, 3.05) is 13.7 Å². The van der Waals surface area contributed by atoms with Crippen molar-refractivity contribution in [3.05, 3.63) is 35.5 Å². The van der Waals surface area contributed by atoms with Crippen LogP contribution in [0.2, 0.25) is 0 Å². The summed E-state index contributed by atoms with van der Waals surface area (Å²) in [5.41, 5.74) is 3.89. The fraction of sp³-hybridized carbons (Fsp3) is 0.333. The number of amides is 1. The van der Waals surface area contributed by atoms with Gasteiger partial charge in [-0.05, 0) is 11.6 Å². The van der Waals surface area contributed by atoms with E-state index in [0.29, 0.717) is 13.0 Å². The van der Waals surface area contributed by atoms with Crippen LogP contribution in [0.25, 0.3) is 5.57 Å². The Labute approximate surface area is 117 Å². The van der Waals surface area contributed by atoms with Crippen molar-refractivity contribution < 1.29 is 14.3 Å². The second kappa shape index (κ2) is 4.67. The summed E-state index contributed by atoms with van der Waals surface area (Å²) in [6.07, 6.45) is 0.460. The van der Waals surface area contributed by atoms with Crippen LogP contribution >= 0.6 is 0 Å². The fourth-order valence-electron chi connectivity index (χ4n) is 2.81. The van der Waals surface area contributed by atoms with Crippen LogP contribution in [0.4, 0.5) is 5.69 Å². The number of methoxy groups -OCH3 is 1. The number of nitrogens with zero attached hydrogens (tertiary/aromatic N) is 2. The predicted molar refractivity (Wildman–Crippen MR) is 73.0 cm³/mol. The second-order valence-corrected chi connectivity index (χ2v) is 4.94. The zero-order chi connectivity index (χ0) is 14.3. The van der Waals surface area contributed by atoms with Gasteiger partial charge in [0.2, 0.25) is 5.91 Å². The van der Waals surface area contributed by atoms with Crippen molar-refractivity contribution in [3.8, 4) is 0 Å². The number of carbonyl (C=O) groups is 2. The molecule has 0 N–H and O–H groups in total. The number of fused-ring (bicyclic) bond motifs is 2. The predicted octanol–water partition coefficient (Wildman–Crippen LogP) is 1.44. The van der Waals surface area contributed by atoms with Gasteiger partial charge in [0, 0.05) is 18.9 Å². The first-order valence-electron chi connectivity index (χ1n) is 6.50. The van der Waals surface area contributed by atoms with Crippen molar-refractivity contribution in [1.29, 1.82) is 0 Å². The minimum atomic E-state index is -0.558. The zero-order valence-electron chi connectivity index (χ0n) is 11.4. The topological polar surface area (TPSA) is 60.7 Å². The van der Waals surface area contributed by atoms with E-state index in [4.69, 9.17) is 4.74 Å². The maximum atomic E-state index is 11.9. The molecule has 0 saturated heterocycles. The number of carbonyl (C=O) groups excluding carboxylic acids is 2. The molecular weight excluding hydrogens is 256 g/mol. The van der Waals surface area contributed by atoms with E-state index in [9.17, 15) is 9.59 Å². The maximum Gasteiger partial charge on any atom is 0.328 e. The Morgan fingerprint density at radius 1 is 1.35 bits per heavy atom. The number of ether oxygens (including phenoxy) is 1. The van der Waals surface area contributed by atoms with Gasteiger partial charge in [-0.2, -0.15) is 0 Å². The highest BCUT2D eigenvalue weighted by atomic mass is 16.5. The lowest BCUT2D eigenvalue weighted by Crippen LogP contribution is -2.48. The molecule has 0 spiro atoms. The Balaban J connectivity index is 1.98. The molecule has 1 aromatic carbocycles. The lowest BCUT2D eigenvalue weighted by atomic mass is 9.94. The molecule has 2 aliphatic heterocycles. The summed E-state index contributed by atoms with van der Waals surface area (Å²) in [5, 5.41) is 4.56. The Morgan fingerprint density at radius 3 is 2.80 bits per heavy atom. The summed E-state index contributed by atoms with van der Waals surface area (Å²) in [6, 6.07) is 7.27. The van der Waals surface area contributed by atoms with Crippen LogP contribution in [-0.4, -0.2) is 36.5 Å². The molecule has 1 aromatic rings. The van der Waals surface area contributed by atoms with E-state index in [0.717, 1.165) is 22.5 Å². The van der Waals surface area contributed by atoms with Gasteiger partial charge >= 0.3 is 5.97 Å². The maximum absolute atomic E-state index is 11.9. The molecule has 3 rings (SSSR count). The van der Waals surface area contributed by atoms with Crippen molar-refractivity contribution >= 4 is 23.1 Å². The van der Waals surface area contributed by atoms with Crippen molar-refractivity contribution in [2.24, 2.45) is 0 Å². The molecule has 2 aliphatic rings. The SMILES string of the molecule is COC(=O)C1CC2=C(CN1C(C)=O)[N]c1ccccc12. The first-order valence-corrected chi connectivity index (χ1v) is 6.50. The molecule has 0 saturated carbocycles. The Hall–Kier alpha value is -2.30. The van der Waals surface area contributed by atoms with Crippen molar-refractivity contribution in [2.45, 2.75) is 19.4 Å². The van der Waals surface area contributed by atoms with Gasteiger partial charge in [-0.3, -0.25) is 10.1 Å². The average molecular weight is 271 g/mol. The highest BCUT2D eigenvalue weighted by molar-refractivity contribution is 5.91. The minimum Gasteiger partial charge on any atom is -0.467 e. The molecule has 1 amide bonds. The quantitative estimate of drug-likeness (QED) is 0.726. The van der Waals surface area contributed by atoms with E-state index in [1.165, 1.54) is 18.9 Å². The third kappa shape index (κ3) is 1.86. The molecule has 0 bridgehead atoms. The molecule has 0 aromatic heterocycles. The molecule has 5 nitrogen and oxygen atoms in total. The Bertz CT molecular complexity index is 621. The molecule has 2 heterocycles. The normalized spacial score (nSPS) is 20.1. The van der Waals surface area contributed by atoms with E-state index >= 15 is 0 Å². The number of esters is 1. The van der Waals surface area contributed by atoms with Gasteiger partial charge in [-0.15, -0.1) is 0 Å². The highest BCUT2D eigenvalue weighted by Crippen LogP contribution is 2.40. The van der Waals surface area contributed by atoms with Crippen LogP contribution in [0.15, 0.2) is 30.0 Å². The summed E-state index contributed by atoms with van der Waals surface area (Å²) in [7, 11) is 1.34. The molecule has 5 heteroatoms. The van der Waals surface area contributed by atoms with Crippen molar-refractivity contribution in [3.63, 3.8) is 0 Å². The number of rotatable bonds is 1. The molecule has 1 atom stereocenters. The van der Waals surface area contributed by atoms with E-state index in [1.54, 1.807) is 0 Å². The smallest absolute Gasteiger partial charge is 0.328 e. The first kappa shape index (κ1) is 12.7. The third-order valence-corrected chi connectivity index (χ3v) is 3.80. The average Bonchev–Trinajstić information content (AvgIpc) is 2.82. The lowest BCUT2D eigenvalue weighted by molar-refractivity contribution is -0.152. The number of para-hydroxylation sites is 1. The Morgan fingerprint density at radius 2 is 2.10 bits per heavy atom.